The van der Waals surface area contributed by atoms with Crippen LogP contribution in [0.1, 0.15) is 37.3 Å². The van der Waals surface area contributed by atoms with Gasteiger partial charge in [0.25, 0.3) is 10.0 Å². The predicted molar refractivity (Wildman–Crippen MR) is 87.1 cm³/mol. The van der Waals surface area contributed by atoms with E-state index in [1.807, 2.05) is 37.3 Å². The molecule has 1 N–H and O–H groups in total. The Bertz CT molecular complexity index is 706. The van der Waals surface area contributed by atoms with Crippen molar-refractivity contribution in [3.05, 3.63) is 59.7 Å². The third-order valence-corrected chi connectivity index (χ3v) is 5.04. The maximum Gasteiger partial charge on any atom is 0.261 e. The van der Waals surface area contributed by atoms with Crippen LogP contribution in [0, 0.1) is 6.92 Å². The highest BCUT2D eigenvalue weighted by molar-refractivity contribution is 7.92. The topological polar surface area (TPSA) is 46.2 Å². The van der Waals surface area contributed by atoms with Gasteiger partial charge in [-0.05, 0) is 54.7 Å². The lowest BCUT2D eigenvalue weighted by Crippen LogP contribution is -2.13. The Kier molecular flexibility index (Phi) is 4.68. The number of sulfonamides is 1. The number of nitrogens with one attached hydrogen (secondary N) is 1. The zero-order valence-electron chi connectivity index (χ0n) is 12.6. The normalized spacial score (nSPS) is 12.9. The quantitative estimate of drug-likeness (QED) is 0.894. The molecule has 0 radical (unpaired) electrons. The molecule has 0 bridgehead atoms. The fourth-order valence-corrected chi connectivity index (χ4v) is 3.18. The van der Waals surface area contributed by atoms with Gasteiger partial charge < -0.3 is 0 Å². The fraction of sp³-hybridized carbons (Fsp3) is 0.294. The first kappa shape index (κ1) is 15.6. The molecule has 4 heteroatoms. The number of hydrogen-bond acceptors (Lipinski definition) is 2. The largest absolute Gasteiger partial charge is 0.280 e. The van der Waals surface area contributed by atoms with Gasteiger partial charge in [0.05, 0.1) is 4.90 Å². The van der Waals surface area contributed by atoms with E-state index in [-0.39, 0.29) is 4.90 Å². The van der Waals surface area contributed by atoms with Crippen molar-refractivity contribution >= 4 is 15.7 Å². The minimum atomic E-state index is -3.53. The first-order valence-electron chi connectivity index (χ1n) is 7.12. The number of hydrogen-bond donors (Lipinski definition) is 1. The van der Waals surface area contributed by atoms with Gasteiger partial charge in [-0.3, -0.25) is 4.72 Å². The van der Waals surface area contributed by atoms with Crippen molar-refractivity contribution in [1.82, 2.24) is 0 Å². The molecule has 2 aromatic rings. The fourth-order valence-electron chi connectivity index (χ4n) is 2.13. The number of aryl methyl sites for hydroxylation is 1. The molecule has 112 valence electrons. The van der Waals surface area contributed by atoms with E-state index in [1.54, 1.807) is 18.2 Å². The van der Waals surface area contributed by atoms with Crippen LogP contribution < -0.4 is 4.72 Å². The smallest absolute Gasteiger partial charge is 0.261 e. The van der Waals surface area contributed by atoms with E-state index < -0.39 is 10.0 Å². The van der Waals surface area contributed by atoms with E-state index in [9.17, 15) is 8.42 Å². The Morgan fingerprint density at radius 1 is 1.10 bits per heavy atom. The van der Waals surface area contributed by atoms with Gasteiger partial charge >= 0.3 is 0 Å². The third kappa shape index (κ3) is 3.85. The van der Waals surface area contributed by atoms with Gasteiger partial charge in [0.2, 0.25) is 0 Å². The van der Waals surface area contributed by atoms with Crippen LogP contribution in [0.15, 0.2) is 53.4 Å². The molecule has 0 aromatic heterocycles. The lowest BCUT2D eigenvalue weighted by Gasteiger charge is -2.11. The molecule has 0 aliphatic heterocycles. The van der Waals surface area contributed by atoms with Crippen LogP contribution in [0.5, 0.6) is 0 Å². The Balaban J connectivity index is 2.23. The highest BCUT2D eigenvalue weighted by Crippen LogP contribution is 2.22. The van der Waals surface area contributed by atoms with Crippen molar-refractivity contribution in [3.8, 4) is 0 Å². The van der Waals surface area contributed by atoms with Gasteiger partial charge in [0.15, 0.2) is 0 Å². The second-order valence-corrected chi connectivity index (χ2v) is 7.04. The number of benzene rings is 2. The van der Waals surface area contributed by atoms with Gasteiger partial charge in [-0.1, -0.05) is 38.1 Å². The summed E-state index contributed by atoms with van der Waals surface area (Å²) in [5.41, 5.74) is 2.76. The van der Waals surface area contributed by atoms with Gasteiger partial charge in [-0.15, -0.1) is 0 Å². The minimum Gasteiger partial charge on any atom is -0.280 e. The molecule has 2 aromatic carbocycles. The molecule has 0 aliphatic carbocycles. The van der Waals surface area contributed by atoms with Crippen molar-refractivity contribution in [2.24, 2.45) is 0 Å². The van der Waals surface area contributed by atoms with E-state index in [1.165, 1.54) is 0 Å². The average molecular weight is 303 g/mol. The molecule has 2 rings (SSSR count). The third-order valence-electron chi connectivity index (χ3n) is 3.64. The second-order valence-electron chi connectivity index (χ2n) is 5.35. The molecule has 0 amide bonds. The first-order valence-corrected chi connectivity index (χ1v) is 8.60. The highest BCUT2D eigenvalue weighted by atomic mass is 32.2. The molecule has 3 nitrogen and oxygen atoms in total. The van der Waals surface area contributed by atoms with E-state index in [0.717, 1.165) is 17.5 Å². The number of anilines is 1. The lowest BCUT2D eigenvalue weighted by atomic mass is 9.99. The molecule has 1 atom stereocenters. The monoisotopic (exact) mass is 303 g/mol. The summed E-state index contributed by atoms with van der Waals surface area (Å²) in [5, 5.41) is 0. The van der Waals surface area contributed by atoms with Crippen molar-refractivity contribution in [2.75, 3.05) is 4.72 Å². The van der Waals surface area contributed by atoms with Crippen LogP contribution in [-0.4, -0.2) is 8.42 Å². The minimum absolute atomic E-state index is 0.288. The van der Waals surface area contributed by atoms with Crippen molar-refractivity contribution < 1.29 is 8.42 Å². The Hall–Kier alpha value is -1.81. The van der Waals surface area contributed by atoms with Gasteiger partial charge in [-0.25, -0.2) is 8.42 Å². The highest BCUT2D eigenvalue weighted by Gasteiger charge is 2.14. The summed E-state index contributed by atoms with van der Waals surface area (Å²) in [7, 11) is -3.53. The number of rotatable bonds is 5. The van der Waals surface area contributed by atoms with Crippen molar-refractivity contribution in [1.29, 1.82) is 0 Å². The summed E-state index contributed by atoms with van der Waals surface area (Å²) < 4.78 is 27.3. The molecule has 21 heavy (non-hydrogen) atoms. The first-order chi connectivity index (χ1) is 9.92. The molecule has 0 fully saturated rings. The van der Waals surface area contributed by atoms with Crippen molar-refractivity contribution in [3.63, 3.8) is 0 Å². The summed E-state index contributed by atoms with van der Waals surface area (Å²) in [5.74, 6) is 0.437. The predicted octanol–water partition coefficient (Wildman–Crippen LogP) is 4.31. The molecule has 0 saturated carbocycles. The van der Waals surface area contributed by atoms with Gasteiger partial charge in [-0.2, -0.15) is 0 Å². The SMILES string of the molecule is CC[C@@H](C)c1ccc(S(=O)(=O)Nc2cccc(C)c2)cc1. The van der Waals surface area contributed by atoms with Crippen LogP contribution in [0.3, 0.4) is 0 Å². The molecule has 0 saturated heterocycles. The van der Waals surface area contributed by atoms with Crippen LogP contribution >= 0.6 is 0 Å². The summed E-state index contributed by atoms with van der Waals surface area (Å²) in [4.78, 5) is 0.288. The van der Waals surface area contributed by atoms with Crippen LogP contribution in [0.25, 0.3) is 0 Å². The Morgan fingerprint density at radius 3 is 2.33 bits per heavy atom. The zero-order valence-corrected chi connectivity index (χ0v) is 13.4. The molecule has 0 aliphatic rings. The van der Waals surface area contributed by atoms with E-state index in [0.29, 0.717) is 11.6 Å². The van der Waals surface area contributed by atoms with Crippen LogP contribution in [0.2, 0.25) is 0 Å². The van der Waals surface area contributed by atoms with Crippen LogP contribution in [0.4, 0.5) is 5.69 Å². The molecule has 0 heterocycles. The standard InChI is InChI=1S/C17H21NO2S/c1-4-14(3)15-8-10-17(11-9-15)21(19,20)18-16-7-5-6-13(2)12-16/h5-12,14,18H,4H2,1-3H3/t14-/m1/s1. The summed E-state index contributed by atoms with van der Waals surface area (Å²) in [6.07, 6.45) is 1.04. The Labute approximate surface area is 127 Å². The van der Waals surface area contributed by atoms with Crippen molar-refractivity contribution in [2.45, 2.75) is 38.0 Å². The van der Waals surface area contributed by atoms with E-state index in [2.05, 4.69) is 18.6 Å². The van der Waals surface area contributed by atoms with E-state index >= 15 is 0 Å². The van der Waals surface area contributed by atoms with Gasteiger partial charge in [0, 0.05) is 5.69 Å². The Morgan fingerprint density at radius 2 is 1.76 bits per heavy atom. The maximum atomic E-state index is 12.4. The summed E-state index contributed by atoms with van der Waals surface area (Å²) in [6.45, 7) is 6.18. The van der Waals surface area contributed by atoms with Gasteiger partial charge in [0.1, 0.15) is 0 Å². The lowest BCUT2D eigenvalue weighted by molar-refractivity contribution is 0.601. The zero-order chi connectivity index (χ0) is 15.5. The maximum absolute atomic E-state index is 12.4. The van der Waals surface area contributed by atoms with E-state index in [4.69, 9.17) is 0 Å². The molecule has 0 unspecified atom stereocenters. The molecule has 0 spiro atoms. The second kappa shape index (κ2) is 6.31. The summed E-state index contributed by atoms with van der Waals surface area (Å²) >= 11 is 0. The molecular weight excluding hydrogens is 282 g/mol. The van der Waals surface area contributed by atoms with Crippen LogP contribution in [-0.2, 0) is 10.0 Å². The average Bonchev–Trinajstić information content (AvgIpc) is 2.46. The summed E-state index contributed by atoms with van der Waals surface area (Å²) in [6, 6.07) is 14.4. The molecular formula is C17H21NO2S.